The molecule has 110 valence electrons. The lowest BCUT2D eigenvalue weighted by Crippen LogP contribution is -2.05. The van der Waals surface area contributed by atoms with Crippen LogP contribution in [0, 0.1) is 22.7 Å². The fraction of sp³-hybridized carbons (Fsp3) is 0.0667. The monoisotopic (exact) mass is 366 g/mol. The summed E-state index contributed by atoms with van der Waals surface area (Å²) < 4.78 is 43.9. The predicted molar refractivity (Wildman–Crippen MR) is 76.0 cm³/mol. The van der Waals surface area contributed by atoms with E-state index in [2.05, 4.69) is 15.9 Å². The largest absolute Gasteiger partial charge is 0.457 e. The van der Waals surface area contributed by atoms with Gasteiger partial charge < -0.3 is 4.42 Å². The summed E-state index contributed by atoms with van der Waals surface area (Å²) in [7, 11) is 0. The molecule has 0 bridgehead atoms. The average molecular weight is 367 g/mol. The summed E-state index contributed by atoms with van der Waals surface area (Å²) in [6.07, 6.45) is -3.27. The molecular weight excluding hydrogens is 361 g/mol. The molecule has 3 nitrogen and oxygen atoms in total. The van der Waals surface area contributed by atoms with Crippen molar-refractivity contribution in [3.05, 3.63) is 51.7 Å². The number of rotatable bonds is 2. The molecule has 0 fully saturated rings. The molecule has 1 heterocycles. The van der Waals surface area contributed by atoms with E-state index in [1.165, 1.54) is 30.3 Å². The summed E-state index contributed by atoms with van der Waals surface area (Å²) in [5.41, 5.74) is -0.730. The summed E-state index contributed by atoms with van der Waals surface area (Å²) in [6.45, 7) is 0. The predicted octanol–water partition coefficient (Wildman–Crippen LogP) is 5.16. The molecule has 0 N–H and O–H groups in total. The van der Waals surface area contributed by atoms with E-state index >= 15 is 0 Å². The minimum atomic E-state index is -4.49. The van der Waals surface area contributed by atoms with Crippen molar-refractivity contribution < 1.29 is 17.6 Å². The fourth-order valence-electron chi connectivity index (χ4n) is 1.71. The van der Waals surface area contributed by atoms with Crippen LogP contribution >= 0.6 is 15.9 Å². The Balaban J connectivity index is 2.43. The van der Waals surface area contributed by atoms with Crippen molar-refractivity contribution in [1.82, 2.24) is 0 Å². The maximum Gasteiger partial charge on any atom is 0.417 e. The van der Waals surface area contributed by atoms with E-state index in [1.54, 1.807) is 12.1 Å². The summed E-state index contributed by atoms with van der Waals surface area (Å²) in [6, 6.07) is 10.0. The van der Waals surface area contributed by atoms with Gasteiger partial charge in [-0.1, -0.05) is 22.0 Å². The van der Waals surface area contributed by atoms with Crippen LogP contribution in [0.15, 0.2) is 44.8 Å². The lowest BCUT2D eigenvalue weighted by Gasteiger charge is -2.10. The smallest absolute Gasteiger partial charge is 0.417 e. The molecule has 0 radical (unpaired) electrons. The number of alkyl halides is 3. The first-order chi connectivity index (χ1) is 10.3. The molecule has 7 heteroatoms. The maximum absolute atomic E-state index is 12.9. The molecule has 0 atom stereocenters. The Hall–Kier alpha value is -2.51. The number of nitriles is 2. The van der Waals surface area contributed by atoms with Crippen molar-refractivity contribution in [2.75, 3.05) is 0 Å². The van der Waals surface area contributed by atoms with Crippen molar-refractivity contribution in [3.63, 3.8) is 0 Å². The Kier molecular flexibility index (Phi) is 4.39. The molecule has 1 aromatic heterocycles. The summed E-state index contributed by atoms with van der Waals surface area (Å²) >= 11 is 2.86. The topological polar surface area (TPSA) is 60.7 Å². The molecule has 2 rings (SSSR count). The zero-order valence-corrected chi connectivity index (χ0v) is 12.4. The second-order valence-electron chi connectivity index (χ2n) is 4.18. The van der Waals surface area contributed by atoms with Gasteiger partial charge in [-0.15, -0.1) is 0 Å². The van der Waals surface area contributed by atoms with Crippen LogP contribution in [0.3, 0.4) is 0 Å². The van der Waals surface area contributed by atoms with Crippen LogP contribution in [-0.4, -0.2) is 0 Å². The third kappa shape index (κ3) is 3.38. The number of benzene rings is 1. The van der Waals surface area contributed by atoms with Gasteiger partial charge in [0.15, 0.2) is 0 Å². The first-order valence-corrected chi connectivity index (χ1v) is 6.63. The van der Waals surface area contributed by atoms with Crippen LogP contribution < -0.4 is 0 Å². The summed E-state index contributed by atoms with van der Waals surface area (Å²) in [4.78, 5) is 0. The van der Waals surface area contributed by atoms with Gasteiger partial charge in [0, 0.05) is 16.1 Å². The van der Waals surface area contributed by atoms with Crippen LogP contribution in [0.2, 0.25) is 0 Å². The van der Waals surface area contributed by atoms with Crippen LogP contribution in [0.1, 0.15) is 11.3 Å². The van der Waals surface area contributed by atoms with Gasteiger partial charge in [-0.05, 0) is 24.3 Å². The van der Waals surface area contributed by atoms with E-state index in [9.17, 15) is 13.2 Å². The van der Waals surface area contributed by atoms with Gasteiger partial charge >= 0.3 is 6.18 Å². The lowest BCUT2D eigenvalue weighted by atomic mass is 10.1. The molecule has 0 spiro atoms. The van der Waals surface area contributed by atoms with E-state index < -0.39 is 11.7 Å². The van der Waals surface area contributed by atoms with Gasteiger partial charge in [0.1, 0.15) is 29.2 Å². The molecule has 1 aromatic carbocycles. The van der Waals surface area contributed by atoms with Gasteiger partial charge in [0.25, 0.3) is 0 Å². The second kappa shape index (κ2) is 6.08. The van der Waals surface area contributed by atoms with Gasteiger partial charge in [-0.2, -0.15) is 23.7 Å². The number of allylic oxidation sites excluding steroid dienone is 1. The highest BCUT2D eigenvalue weighted by Gasteiger charge is 2.33. The van der Waals surface area contributed by atoms with Crippen molar-refractivity contribution >= 4 is 22.0 Å². The molecule has 0 saturated carbocycles. The maximum atomic E-state index is 12.9. The van der Waals surface area contributed by atoms with E-state index in [0.29, 0.717) is 0 Å². The Labute approximate surface area is 132 Å². The number of halogens is 4. The minimum Gasteiger partial charge on any atom is -0.457 e. The normalized spacial score (nSPS) is 10.6. The van der Waals surface area contributed by atoms with E-state index in [1.807, 2.05) is 0 Å². The van der Waals surface area contributed by atoms with E-state index in [4.69, 9.17) is 14.9 Å². The summed E-state index contributed by atoms with van der Waals surface area (Å²) in [5.74, 6) is 0.420. The molecule has 0 saturated heterocycles. The third-order valence-electron chi connectivity index (χ3n) is 2.71. The summed E-state index contributed by atoms with van der Waals surface area (Å²) in [5, 5.41) is 17.3. The number of furan rings is 1. The highest BCUT2D eigenvalue weighted by molar-refractivity contribution is 9.10. The standard InChI is InChI=1S/C15H6BrF3N2O/c16-13-3-1-10(6-12(13)15(17,18)19)14-4-2-11(22-14)5-9(7-20)8-21/h1-6H. The number of hydrogen-bond donors (Lipinski definition) is 0. The van der Waals surface area contributed by atoms with Crippen molar-refractivity contribution in [2.24, 2.45) is 0 Å². The highest BCUT2D eigenvalue weighted by Crippen LogP contribution is 2.37. The fourth-order valence-corrected chi connectivity index (χ4v) is 2.18. The van der Waals surface area contributed by atoms with Crippen molar-refractivity contribution in [3.8, 4) is 23.5 Å². The van der Waals surface area contributed by atoms with Crippen molar-refractivity contribution in [2.45, 2.75) is 6.18 Å². The van der Waals surface area contributed by atoms with Gasteiger partial charge in [-0.3, -0.25) is 0 Å². The lowest BCUT2D eigenvalue weighted by molar-refractivity contribution is -0.138. The quantitative estimate of drug-likeness (QED) is 0.689. The number of hydrogen-bond acceptors (Lipinski definition) is 3. The van der Waals surface area contributed by atoms with E-state index in [-0.39, 0.29) is 27.1 Å². The Morgan fingerprint density at radius 1 is 1.14 bits per heavy atom. The zero-order chi connectivity index (χ0) is 16.3. The van der Waals surface area contributed by atoms with Crippen LogP contribution in [0.5, 0.6) is 0 Å². The van der Waals surface area contributed by atoms with Gasteiger partial charge in [0.05, 0.1) is 5.56 Å². The zero-order valence-electron chi connectivity index (χ0n) is 10.8. The molecular formula is C15H6BrF3N2O. The molecule has 0 aliphatic rings. The van der Waals surface area contributed by atoms with Crippen LogP contribution in [0.4, 0.5) is 13.2 Å². The average Bonchev–Trinajstić information content (AvgIpc) is 2.92. The van der Waals surface area contributed by atoms with E-state index in [0.717, 1.165) is 6.07 Å². The second-order valence-corrected chi connectivity index (χ2v) is 5.03. The Morgan fingerprint density at radius 2 is 1.82 bits per heavy atom. The minimum absolute atomic E-state index is 0.0633. The molecule has 0 aliphatic carbocycles. The molecule has 0 amide bonds. The van der Waals surface area contributed by atoms with Crippen molar-refractivity contribution in [1.29, 1.82) is 10.5 Å². The molecule has 22 heavy (non-hydrogen) atoms. The Morgan fingerprint density at radius 3 is 2.41 bits per heavy atom. The molecule has 0 unspecified atom stereocenters. The van der Waals surface area contributed by atoms with Gasteiger partial charge in [0.2, 0.25) is 0 Å². The third-order valence-corrected chi connectivity index (χ3v) is 3.40. The molecule has 2 aromatic rings. The molecule has 0 aliphatic heterocycles. The highest BCUT2D eigenvalue weighted by atomic mass is 79.9. The van der Waals surface area contributed by atoms with Gasteiger partial charge in [-0.25, -0.2) is 0 Å². The van der Waals surface area contributed by atoms with Crippen LogP contribution in [0.25, 0.3) is 17.4 Å². The Bertz CT molecular complexity index is 807. The SMILES string of the molecule is N#CC(C#N)=Cc1ccc(-c2ccc(Br)c(C(F)(F)F)c2)o1. The first-order valence-electron chi connectivity index (χ1n) is 5.84. The first kappa shape index (κ1) is 15.9. The number of nitrogens with zero attached hydrogens (tertiary/aromatic N) is 2. The van der Waals surface area contributed by atoms with Crippen LogP contribution in [-0.2, 0) is 6.18 Å².